The van der Waals surface area contributed by atoms with Crippen LogP contribution in [0.25, 0.3) is 11.3 Å². The Balaban J connectivity index is 2.55. The number of aromatic nitrogens is 2. The number of anilines is 1. The van der Waals surface area contributed by atoms with Gasteiger partial charge in [-0.15, -0.1) is 0 Å². The number of hydrogen-bond acceptors (Lipinski definition) is 3. The van der Waals surface area contributed by atoms with Crippen molar-refractivity contribution in [3.8, 4) is 11.3 Å². The van der Waals surface area contributed by atoms with Crippen LogP contribution in [0.5, 0.6) is 0 Å². The number of benzene rings is 1. The van der Waals surface area contributed by atoms with Crippen LogP contribution in [0.3, 0.4) is 0 Å². The molecule has 0 radical (unpaired) electrons. The van der Waals surface area contributed by atoms with Gasteiger partial charge in [-0.3, -0.25) is 0 Å². The Labute approximate surface area is 102 Å². The molecular weight excluding hydrogens is 210 g/mol. The fraction of sp³-hybridized carbons (Fsp3) is 0.286. The van der Waals surface area contributed by atoms with Gasteiger partial charge in [0, 0.05) is 18.3 Å². The normalized spacial score (nSPS) is 10.4. The van der Waals surface area contributed by atoms with Crippen molar-refractivity contribution >= 4 is 5.95 Å². The molecule has 1 aromatic heterocycles. The molecule has 0 atom stereocenters. The predicted octanol–water partition coefficient (Wildman–Crippen LogP) is 3.11. The molecule has 0 spiro atoms. The SMILES string of the molecule is CNc1nc(C)cc(-c2cc(C)cc(C)c2)n1. The quantitative estimate of drug-likeness (QED) is 0.856. The van der Waals surface area contributed by atoms with E-state index in [1.54, 1.807) is 0 Å². The van der Waals surface area contributed by atoms with Crippen LogP contribution >= 0.6 is 0 Å². The molecule has 88 valence electrons. The van der Waals surface area contributed by atoms with E-state index in [9.17, 15) is 0 Å². The van der Waals surface area contributed by atoms with Crippen molar-refractivity contribution in [2.24, 2.45) is 0 Å². The van der Waals surface area contributed by atoms with Gasteiger partial charge in [-0.1, -0.05) is 17.2 Å². The first-order valence-electron chi connectivity index (χ1n) is 5.70. The molecule has 1 N–H and O–H groups in total. The summed E-state index contributed by atoms with van der Waals surface area (Å²) < 4.78 is 0. The van der Waals surface area contributed by atoms with Crippen molar-refractivity contribution in [3.63, 3.8) is 0 Å². The minimum absolute atomic E-state index is 0.666. The van der Waals surface area contributed by atoms with Crippen LogP contribution in [0.2, 0.25) is 0 Å². The maximum absolute atomic E-state index is 4.48. The molecule has 1 heterocycles. The summed E-state index contributed by atoms with van der Waals surface area (Å²) in [5.74, 6) is 0.666. The second kappa shape index (κ2) is 4.53. The molecule has 3 nitrogen and oxygen atoms in total. The first kappa shape index (κ1) is 11.6. The van der Waals surface area contributed by atoms with Gasteiger partial charge in [0.05, 0.1) is 5.69 Å². The van der Waals surface area contributed by atoms with Gasteiger partial charge in [-0.05, 0) is 39.0 Å². The van der Waals surface area contributed by atoms with E-state index >= 15 is 0 Å². The van der Waals surface area contributed by atoms with Crippen LogP contribution in [0.15, 0.2) is 24.3 Å². The van der Waals surface area contributed by atoms with Crippen molar-refractivity contribution in [2.45, 2.75) is 20.8 Å². The third kappa shape index (κ3) is 2.61. The largest absolute Gasteiger partial charge is 0.357 e. The molecule has 0 bridgehead atoms. The highest BCUT2D eigenvalue weighted by Gasteiger charge is 2.04. The summed E-state index contributed by atoms with van der Waals surface area (Å²) in [4.78, 5) is 8.78. The topological polar surface area (TPSA) is 37.8 Å². The maximum Gasteiger partial charge on any atom is 0.223 e. The lowest BCUT2D eigenvalue weighted by Crippen LogP contribution is -1.99. The molecule has 0 aliphatic rings. The second-order valence-corrected chi connectivity index (χ2v) is 4.34. The van der Waals surface area contributed by atoms with Crippen LogP contribution in [0, 0.1) is 20.8 Å². The van der Waals surface area contributed by atoms with Crippen LogP contribution in [-0.2, 0) is 0 Å². The fourth-order valence-corrected chi connectivity index (χ4v) is 1.95. The molecule has 1 aromatic carbocycles. The molecule has 0 aliphatic carbocycles. The summed E-state index contributed by atoms with van der Waals surface area (Å²) in [5.41, 5.74) is 5.58. The van der Waals surface area contributed by atoms with E-state index in [1.807, 2.05) is 20.0 Å². The highest BCUT2D eigenvalue weighted by molar-refractivity contribution is 5.62. The van der Waals surface area contributed by atoms with Crippen molar-refractivity contribution in [2.75, 3.05) is 12.4 Å². The highest BCUT2D eigenvalue weighted by atomic mass is 15.1. The highest BCUT2D eigenvalue weighted by Crippen LogP contribution is 2.21. The lowest BCUT2D eigenvalue weighted by molar-refractivity contribution is 1.10. The van der Waals surface area contributed by atoms with Crippen molar-refractivity contribution in [1.82, 2.24) is 9.97 Å². The molecule has 0 saturated carbocycles. The molecule has 0 fully saturated rings. The van der Waals surface area contributed by atoms with Gasteiger partial charge in [-0.25, -0.2) is 9.97 Å². The Bertz CT molecular complexity index is 527. The summed E-state index contributed by atoms with van der Waals surface area (Å²) in [6.45, 7) is 6.18. The third-order valence-electron chi connectivity index (χ3n) is 2.60. The predicted molar refractivity (Wildman–Crippen MR) is 71.2 cm³/mol. The van der Waals surface area contributed by atoms with Crippen LogP contribution in [0.4, 0.5) is 5.95 Å². The molecule has 2 aromatic rings. The van der Waals surface area contributed by atoms with Gasteiger partial charge >= 0.3 is 0 Å². The monoisotopic (exact) mass is 227 g/mol. The van der Waals surface area contributed by atoms with Gasteiger partial charge in [0.2, 0.25) is 5.95 Å². The summed E-state index contributed by atoms with van der Waals surface area (Å²) in [5, 5.41) is 2.98. The first-order valence-corrected chi connectivity index (χ1v) is 5.70. The Kier molecular flexibility index (Phi) is 3.09. The molecule has 0 unspecified atom stereocenters. The van der Waals surface area contributed by atoms with E-state index in [0.29, 0.717) is 5.95 Å². The van der Waals surface area contributed by atoms with E-state index in [2.05, 4.69) is 47.3 Å². The van der Waals surface area contributed by atoms with E-state index in [4.69, 9.17) is 0 Å². The summed E-state index contributed by atoms with van der Waals surface area (Å²) in [6.07, 6.45) is 0. The summed E-state index contributed by atoms with van der Waals surface area (Å²) >= 11 is 0. The Morgan fingerprint density at radius 2 is 1.53 bits per heavy atom. The van der Waals surface area contributed by atoms with E-state index < -0.39 is 0 Å². The van der Waals surface area contributed by atoms with E-state index in [0.717, 1.165) is 17.0 Å². The number of nitrogens with one attached hydrogen (secondary N) is 1. The third-order valence-corrected chi connectivity index (χ3v) is 2.60. The number of aryl methyl sites for hydroxylation is 3. The fourth-order valence-electron chi connectivity index (χ4n) is 1.95. The Hall–Kier alpha value is -1.90. The number of nitrogens with zero attached hydrogens (tertiary/aromatic N) is 2. The van der Waals surface area contributed by atoms with Crippen molar-refractivity contribution in [3.05, 3.63) is 41.1 Å². The molecule has 0 aliphatic heterocycles. The maximum atomic E-state index is 4.48. The minimum atomic E-state index is 0.666. The van der Waals surface area contributed by atoms with E-state index in [1.165, 1.54) is 11.1 Å². The van der Waals surface area contributed by atoms with Gasteiger partial charge in [0.15, 0.2) is 0 Å². The summed E-state index contributed by atoms with van der Waals surface area (Å²) in [7, 11) is 1.83. The number of hydrogen-bond donors (Lipinski definition) is 1. The van der Waals surface area contributed by atoms with Crippen LogP contribution in [0.1, 0.15) is 16.8 Å². The lowest BCUT2D eigenvalue weighted by Gasteiger charge is -2.07. The molecule has 0 saturated heterocycles. The smallest absolute Gasteiger partial charge is 0.223 e. The number of rotatable bonds is 2. The lowest BCUT2D eigenvalue weighted by atomic mass is 10.0. The molecule has 17 heavy (non-hydrogen) atoms. The first-order chi connectivity index (χ1) is 8.08. The van der Waals surface area contributed by atoms with Gasteiger partial charge in [0.25, 0.3) is 0 Å². The average molecular weight is 227 g/mol. The molecule has 3 heteroatoms. The van der Waals surface area contributed by atoms with Gasteiger partial charge in [-0.2, -0.15) is 0 Å². The molecule has 2 rings (SSSR count). The van der Waals surface area contributed by atoms with Gasteiger partial charge in [0.1, 0.15) is 0 Å². The zero-order chi connectivity index (χ0) is 12.4. The average Bonchev–Trinajstić information content (AvgIpc) is 2.26. The zero-order valence-corrected chi connectivity index (χ0v) is 10.7. The van der Waals surface area contributed by atoms with Gasteiger partial charge < -0.3 is 5.32 Å². The van der Waals surface area contributed by atoms with E-state index in [-0.39, 0.29) is 0 Å². The zero-order valence-electron chi connectivity index (χ0n) is 10.7. The molecule has 0 amide bonds. The molecular formula is C14H17N3. The minimum Gasteiger partial charge on any atom is -0.357 e. The summed E-state index contributed by atoms with van der Waals surface area (Å²) in [6, 6.07) is 8.47. The van der Waals surface area contributed by atoms with Crippen LogP contribution in [-0.4, -0.2) is 17.0 Å². The van der Waals surface area contributed by atoms with Crippen molar-refractivity contribution < 1.29 is 0 Å². The Morgan fingerprint density at radius 1 is 0.882 bits per heavy atom. The second-order valence-electron chi connectivity index (χ2n) is 4.34. The van der Waals surface area contributed by atoms with Crippen molar-refractivity contribution in [1.29, 1.82) is 0 Å². The van der Waals surface area contributed by atoms with Crippen LogP contribution < -0.4 is 5.32 Å². The standard InChI is InChI=1S/C14H17N3/c1-9-5-10(2)7-12(6-9)13-8-11(3)16-14(15-4)17-13/h5-8H,1-4H3,(H,15,16,17). The Morgan fingerprint density at radius 3 is 2.12 bits per heavy atom.